The summed E-state index contributed by atoms with van der Waals surface area (Å²) < 4.78 is 7.12. The predicted molar refractivity (Wildman–Crippen MR) is 58.6 cm³/mol. The van der Waals surface area contributed by atoms with Crippen molar-refractivity contribution in [2.24, 2.45) is 0 Å². The molecular weight excluding hydrogens is 262 g/mol. The molecule has 2 heterocycles. The van der Waals surface area contributed by atoms with Crippen LogP contribution in [0, 0.1) is 0 Å². The van der Waals surface area contributed by atoms with Gasteiger partial charge in [0.05, 0.1) is 17.3 Å². The largest absolute Gasteiger partial charge is 0.465 e. The second-order valence-corrected chi connectivity index (χ2v) is 3.72. The van der Waals surface area contributed by atoms with Crippen molar-refractivity contribution < 1.29 is 9.53 Å². The van der Waals surface area contributed by atoms with E-state index >= 15 is 0 Å². The first-order valence-corrected chi connectivity index (χ1v) is 4.94. The van der Waals surface area contributed by atoms with Gasteiger partial charge in [-0.05, 0) is 22.0 Å². The van der Waals surface area contributed by atoms with Gasteiger partial charge in [0.25, 0.3) is 0 Å². The lowest BCUT2D eigenvalue weighted by molar-refractivity contribution is 0.0603. The molecular formula is C9H8BrN3O2. The Bertz CT molecular complexity index is 535. The summed E-state index contributed by atoms with van der Waals surface area (Å²) in [6, 6.07) is 1.65. The number of carbonyl (C=O) groups is 1. The van der Waals surface area contributed by atoms with Gasteiger partial charge in [-0.2, -0.15) is 0 Å². The van der Waals surface area contributed by atoms with E-state index in [1.807, 2.05) is 0 Å². The number of methoxy groups -OCH3 is 1. The number of nitrogens with two attached hydrogens (primary N) is 1. The highest BCUT2D eigenvalue weighted by Gasteiger charge is 2.17. The van der Waals surface area contributed by atoms with E-state index in [0.29, 0.717) is 16.9 Å². The molecule has 0 aliphatic rings. The number of rotatable bonds is 1. The second-order valence-electron chi connectivity index (χ2n) is 2.90. The van der Waals surface area contributed by atoms with Crippen molar-refractivity contribution in [1.82, 2.24) is 9.38 Å². The normalized spacial score (nSPS) is 10.5. The van der Waals surface area contributed by atoms with Gasteiger partial charge in [-0.15, -0.1) is 0 Å². The van der Waals surface area contributed by atoms with Crippen molar-refractivity contribution in [2.45, 2.75) is 0 Å². The first-order valence-electron chi connectivity index (χ1n) is 4.14. The minimum absolute atomic E-state index is 0.295. The van der Waals surface area contributed by atoms with Crippen LogP contribution in [0.1, 0.15) is 10.4 Å². The van der Waals surface area contributed by atoms with E-state index in [4.69, 9.17) is 5.73 Å². The Labute approximate surface area is 94.0 Å². The second kappa shape index (κ2) is 3.54. The van der Waals surface area contributed by atoms with Crippen LogP contribution in [-0.4, -0.2) is 22.5 Å². The van der Waals surface area contributed by atoms with E-state index in [1.165, 1.54) is 7.11 Å². The Kier molecular flexibility index (Phi) is 2.36. The Morgan fingerprint density at radius 2 is 2.40 bits per heavy atom. The summed E-state index contributed by atoms with van der Waals surface area (Å²) in [5.74, 6) is -0.137. The van der Waals surface area contributed by atoms with Crippen molar-refractivity contribution in [3.8, 4) is 0 Å². The van der Waals surface area contributed by atoms with Gasteiger partial charge in [-0.25, -0.2) is 9.78 Å². The third-order valence-electron chi connectivity index (χ3n) is 2.07. The number of esters is 1. The molecule has 5 nitrogen and oxygen atoms in total. The fourth-order valence-electron chi connectivity index (χ4n) is 1.41. The third-order valence-corrected chi connectivity index (χ3v) is 2.68. The van der Waals surface area contributed by atoms with Crippen LogP contribution in [0.5, 0.6) is 0 Å². The van der Waals surface area contributed by atoms with Crippen LogP contribution in [0.15, 0.2) is 23.1 Å². The number of nitrogen functional groups attached to an aromatic ring is 1. The minimum Gasteiger partial charge on any atom is -0.465 e. The highest BCUT2D eigenvalue weighted by Crippen LogP contribution is 2.24. The van der Waals surface area contributed by atoms with Gasteiger partial charge in [-0.3, -0.25) is 0 Å². The molecule has 0 aromatic carbocycles. The van der Waals surface area contributed by atoms with Crippen LogP contribution in [0.3, 0.4) is 0 Å². The van der Waals surface area contributed by atoms with Gasteiger partial charge in [0, 0.05) is 12.4 Å². The molecule has 0 unspecified atom stereocenters. The van der Waals surface area contributed by atoms with Crippen LogP contribution in [0.25, 0.3) is 5.52 Å². The number of carbonyl (C=O) groups excluding carboxylic acids is 1. The van der Waals surface area contributed by atoms with Crippen molar-refractivity contribution in [2.75, 3.05) is 12.8 Å². The maximum absolute atomic E-state index is 11.5. The van der Waals surface area contributed by atoms with Crippen LogP contribution in [-0.2, 0) is 4.74 Å². The number of anilines is 1. The molecule has 2 N–H and O–H groups in total. The molecule has 0 fully saturated rings. The number of nitrogens with zero attached hydrogens (tertiary/aromatic N) is 2. The van der Waals surface area contributed by atoms with Crippen LogP contribution < -0.4 is 5.73 Å². The zero-order valence-electron chi connectivity index (χ0n) is 7.90. The van der Waals surface area contributed by atoms with Gasteiger partial charge in [-0.1, -0.05) is 0 Å². The molecule has 6 heteroatoms. The zero-order valence-corrected chi connectivity index (χ0v) is 9.48. The van der Waals surface area contributed by atoms with Crippen LogP contribution in [0.2, 0.25) is 0 Å². The Hall–Kier alpha value is -1.56. The summed E-state index contributed by atoms with van der Waals surface area (Å²) in [7, 11) is 1.33. The standard InChI is InChI=1S/C9H8BrN3O2/c1-15-9(14)5-4-6(10)13-3-2-12-8(11)7(5)13/h2-4H,1H3,(H2,11,12). The molecule has 0 spiro atoms. The highest BCUT2D eigenvalue weighted by molar-refractivity contribution is 9.10. The van der Waals surface area contributed by atoms with E-state index in [0.717, 1.165) is 4.60 Å². The van der Waals surface area contributed by atoms with E-state index < -0.39 is 5.97 Å². The maximum Gasteiger partial charge on any atom is 0.340 e. The van der Waals surface area contributed by atoms with E-state index in [9.17, 15) is 4.79 Å². The lowest BCUT2D eigenvalue weighted by atomic mass is 10.3. The van der Waals surface area contributed by atoms with Crippen molar-refractivity contribution in [3.63, 3.8) is 0 Å². The van der Waals surface area contributed by atoms with Crippen LogP contribution >= 0.6 is 15.9 Å². The molecule has 0 saturated heterocycles. The first-order chi connectivity index (χ1) is 7.15. The summed E-state index contributed by atoms with van der Waals surface area (Å²) in [6.07, 6.45) is 3.27. The Morgan fingerprint density at radius 3 is 3.07 bits per heavy atom. The average Bonchev–Trinajstić information content (AvgIpc) is 2.57. The maximum atomic E-state index is 11.5. The zero-order chi connectivity index (χ0) is 11.0. The number of ether oxygens (including phenoxy) is 1. The summed E-state index contributed by atoms with van der Waals surface area (Å²) in [5, 5.41) is 0. The fourth-order valence-corrected chi connectivity index (χ4v) is 1.93. The van der Waals surface area contributed by atoms with E-state index in [-0.39, 0.29) is 0 Å². The van der Waals surface area contributed by atoms with E-state index in [1.54, 1.807) is 22.9 Å². The molecule has 0 atom stereocenters. The smallest absolute Gasteiger partial charge is 0.340 e. The van der Waals surface area contributed by atoms with Gasteiger partial charge in [0.15, 0.2) is 0 Å². The summed E-state index contributed by atoms with van der Waals surface area (Å²) in [4.78, 5) is 15.4. The number of hydrogen-bond donors (Lipinski definition) is 1. The number of aromatic nitrogens is 2. The molecule has 0 radical (unpaired) electrons. The van der Waals surface area contributed by atoms with E-state index in [2.05, 4.69) is 25.7 Å². The molecule has 2 aromatic rings. The highest BCUT2D eigenvalue weighted by atomic mass is 79.9. The SMILES string of the molecule is COC(=O)c1cc(Br)n2ccnc(N)c12. The Balaban J connectivity index is 2.81. The minimum atomic E-state index is -0.432. The molecule has 2 aromatic heterocycles. The molecule has 0 saturated carbocycles. The van der Waals surface area contributed by atoms with Crippen molar-refractivity contribution in [1.29, 1.82) is 0 Å². The molecule has 0 aliphatic carbocycles. The average molecular weight is 270 g/mol. The third kappa shape index (κ3) is 1.46. The first kappa shape index (κ1) is 9.97. The van der Waals surface area contributed by atoms with Gasteiger partial charge >= 0.3 is 5.97 Å². The molecule has 0 amide bonds. The van der Waals surface area contributed by atoms with Crippen LogP contribution in [0.4, 0.5) is 5.82 Å². The number of halogens is 1. The number of fused-ring (bicyclic) bond motifs is 1. The summed E-state index contributed by atoms with van der Waals surface area (Å²) in [5.41, 5.74) is 6.65. The van der Waals surface area contributed by atoms with Gasteiger partial charge in [0.2, 0.25) is 0 Å². The lowest BCUT2D eigenvalue weighted by Crippen LogP contribution is -2.03. The topological polar surface area (TPSA) is 69.6 Å². The van der Waals surface area contributed by atoms with Gasteiger partial charge in [0.1, 0.15) is 11.3 Å². The Morgan fingerprint density at radius 1 is 1.67 bits per heavy atom. The fraction of sp³-hybridized carbons (Fsp3) is 0.111. The van der Waals surface area contributed by atoms with Crippen molar-refractivity contribution in [3.05, 3.63) is 28.6 Å². The monoisotopic (exact) mass is 269 g/mol. The molecule has 0 bridgehead atoms. The van der Waals surface area contributed by atoms with Crippen molar-refractivity contribution >= 4 is 33.2 Å². The quantitative estimate of drug-likeness (QED) is 0.796. The molecule has 2 rings (SSSR count). The molecule has 0 aliphatic heterocycles. The summed E-state index contributed by atoms with van der Waals surface area (Å²) >= 11 is 3.32. The van der Waals surface area contributed by atoms with Gasteiger partial charge < -0.3 is 14.9 Å². The molecule has 15 heavy (non-hydrogen) atoms. The summed E-state index contributed by atoms with van der Waals surface area (Å²) in [6.45, 7) is 0. The lowest BCUT2D eigenvalue weighted by Gasteiger charge is -2.01. The molecule has 78 valence electrons. The number of hydrogen-bond acceptors (Lipinski definition) is 4. The predicted octanol–water partition coefficient (Wildman–Crippen LogP) is 1.47.